The predicted molar refractivity (Wildman–Crippen MR) is 108 cm³/mol. The number of nitrogens with zero attached hydrogens (tertiary/aromatic N) is 1. The zero-order valence-corrected chi connectivity index (χ0v) is 16.3. The molecule has 0 spiro atoms. The Bertz CT molecular complexity index is 1080. The number of nitrogens with one attached hydrogen (secondary N) is 2. The number of carbonyl (C=O) groups excluding carboxylic acids is 1. The van der Waals surface area contributed by atoms with Crippen molar-refractivity contribution in [3.8, 4) is 0 Å². The number of hydrogen-bond acceptors (Lipinski definition) is 3. The molecule has 1 aliphatic heterocycles. The molecule has 0 bridgehead atoms. The number of sulfonamides is 1. The van der Waals surface area contributed by atoms with Crippen molar-refractivity contribution in [3.05, 3.63) is 66.4 Å². The van der Waals surface area contributed by atoms with E-state index in [1.54, 1.807) is 30.3 Å². The van der Waals surface area contributed by atoms with E-state index in [-0.39, 0.29) is 10.8 Å². The number of H-pyrrole nitrogens is 1. The van der Waals surface area contributed by atoms with E-state index in [0.717, 1.165) is 16.5 Å². The largest absolute Gasteiger partial charge is 0.361 e. The van der Waals surface area contributed by atoms with Gasteiger partial charge in [0.15, 0.2) is 0 Å². The van der Waals surface area contributed by atoms with E-state index in [9.17, 15) is 13.2 Å². The number of aromatic nitrogens is 1. The maximum Gasteiger partial charge on any atom is 0.243 e. The van der Waals surface area contributed by atoms with Crippen molar-refractivity contribution in [2.24, 2.45) is 0 Å². The van der Waals surface area contributed by atoms with Crippen molar-refractivity contribution in [3.63, 3.8) is 0 Å². The van der Waals surface area contributed by atoms with Gasteiger partial charge in [-0.1, -0.05) is 36.4 Å². The van der Waals surface area contributed by atoms with Crippen LogP contribution >= 0.6 is 0 Å². The molecule has 2 heterocycles. The normalized spacial score (nSPS) is 17.8. The van der Waals surface area contributed by atoms with Crippen LogP contribution in [0.2, 0.25) is 0 Å². The zero-order valence-electron chi connectivity index (χ0n) is 15.5. The van der Waals surface area contributed by atoms with Crippen LogP contribution in [0.4, 0.5) is 0 Å². The van der Waals surface area contributed by atoms with Crippen LogP contribution in [0.5, 0.6) is 0 Å². The first-order valence-electron chi connectivity index (χ1n) is 9.47. The first-order chi connectivity index (χ1) is 13.6. The maximum atomic E-state index is 12.9. The molecule has 2 aromatic carbocycles. The summed E-state index contributed by atoms with van der Waals surface area (Å²) in [5.74, 6) is -0.225. The lowest BCUT2D eigenvalue weighted by molar-refractivity contribution is -0.124. The molecule has 1 aromatic heterocycles. The van der Waals surface area contributed by atoms with Gasteiger partial charge >= 0.3 is 0 Å². The molecule has 0 saturated carbocycles. The highest BCUT2D eigenvalue weighted by Crippen LogP contribution is 2.26. The molecule has 1 unspecified atom stereocenters. The number of fused-ring (bicyclic) bond motifs is 1. The number of carbonyl (C=O) groups is 1. The maximum absolute atomic E-state index is 12.9. The first-order valence-corrected chi connectivity index (χ1v) is 10.9. The first kappa shape index (κ1) is 18.7. The molecular weight excluding hydrogens is 374 g/mol. The summed E-state index contributed by atoms with van der Waals surface area (Å²) in [5, 5.41) is 4.07. The molecule has 6 nitrogen and oxygen atoms in total. The third kappa shape index (κ3) is 3.55. The van der Waals surface area contributed by atoms with E-state index in [0.29, 0.717) is 32.4 Å². The fraction of sp³-hybridized carbons (Fsp3) is 0.286. The van der Waals surface area contributed by atoms with Crippen LogP contribution in [0.1, 0.15) is 18.4 Å². The molecule has 1 atom stereocenters. The summed E-state index contributed by atoms with van der Waals surface area (Å²) >= 11 is 0. The van der Waals surface area contributed by atoms with Crippen molar-refractivity contribution in [2.75, 3.05) is 13.1 Å². The van der Waals surface area contributed by atoms with Crippen LogP contribution in [-0.2, 0) is 21.2 Å². The summed E-state index contributed by atoms with van der Waals surface area (Å²) in [6, 6.07) is 15.7. The second kappa shape index (κ2) is 7.77. The van der Waals surface area contributed by atoms with Gasteiger partial charge in [0.2, 0.25) is 15.9 Å². The monoisotopic (exact) mass is 397 g/mol. The highest BCUT2D eigenvalue weighted by Gasteiger charge is 2.39. The Kier molecular flexibility index (Phi) is 5.19. The third-order valence-electron chi connectivity index (χ3n) is 5.22. The summed E-state index contributed by atoms with van der Waals surface area (Å²) < 4.78 is 27.1. The Morgan fingerprint density at radius 1 is 1.11 bits per heavy atom. The summed E-state index contributed by atoms with van der Waals surface area (Å²) in [5.41, 5.74) is 2.20. The minimum absolute atomic E-state index is 0.225. The van der Waals surface area contributed by atoms with Crippen molar-refractivity contribution < 1.29 is 13.2 Å². The second-order valence-electron chi connectivity index (χ2n) is 6.99. The SMILES string of the molecule is O=C(NCCc1c[nH]c2ccccc12)C1CCCN1S(=O)(=O)c1ccccc1. The smallest absolute Gasteiger partial charge is 0.243 e. The third-order valence-corrected chi connectivity index (χ3v) is 7.15. The molecule has 7 heteroatoms. The Morgan fingerprint density at radius 3 is 2.68 bits per heavy atom. The van der Waals surface area contributed by atoms with E-state index in [4.69, 9.17) is 0 Å². The lowest BCUT2D eigenvalue weighted by Gasteiger charge is -2.23. The molecule has 1 saturated heterocycles. The van der Waals surface area contributed by atoms with Gasteiger partial charge in [-0.15, -0.1) is 0 Å². The fourth-order valence-electron chi connectivity index (χ4n) is 3.79. The average Bonchev–Trinajstić information content (AvgIpc) is 3.37. The molecule has 2 N–H and O–H groups in total. The average molecular weight is 398 g/mol. The highest BCUT2D eigenvalue weighted by atomic mass is 32.2. The molecule has 1 fully saturated rings. The summed E-state index contributed by atoms with van der Waals surface area (Å²) in [6.45, 7) is 0.841. The van der Waals surface area contributed by atoms with Gasteiger partial charge in [-0.2, -0.15) is 4.31 Å². The number of aromatic amines is 1. The second-order valence-corrected chi connectivity index (χ2v) is 8.88. The van der Waals surface area contributed by atoms with Gasteiger partial charge in [-0.3, -0.25) is 4.79 Å². The highest BCUT2D eigenvalue weighted by molar-refractivity contribution is 7.89. The quantitative estimate of drug-likeness (QED) is 0.671. The van der Waals surface area contributed by atoms with Gasteiger partial charge in [0.1, 0.15) is 6.04 Å². The molecular formula is C21H23N3O3S. The van der Waals surface area contributed by atoms with Crippen LogP contribution in [0.25, 0.3) is 10.9 Å². The van der Waals surface area contributed by atoms with Crippen LogP contribution in [0, 0.1) is 0 Å². The summed E-state index contributed by atoms with van der Waals surface area (Å²) in [7, 11) is -3.66. The van der Waals surface area contributed by atoms with Crippen LogP contribution < -0.4 is 5.32 Å². The summed E-state index contributed by atoms with van der Waals surface area (Å²) in [4.78, 5) is 16.2. The summed E-state index contributed by atoms with van der Waals surface area (Å²) in [6.07, 6.45) is 3.88. The predicted octanol–water partition coefficient (Wildman–Crippen LogP) is 2.68. The topological polar surface area (TPSA) is 82.3 Å². The van der Waals surface area contributed by atoms with E-state index in [2.05, 4.69) is 10.3 Å². The van der Waals surface area contributed by atoms with E-state index in [1.807, 2.05) is 30.5 Å². The van der Waals surface area contributed by atoms with Gasteiger partial charge in [0.25, 0.3) is 0 Å². The fourth-order valence-corrected chi connectivity index (χ4v) is 5.47. The van der Waals surface area contributed by atoms with Gasteiger partial charge < -0.3 is 10.3 Å². The van der Waals surface area contributed by atoms with E-state index >= 15 is 0 Å². The van der Waals surface area contributed by atoms with Crippen LogP contribution in [-0.4, -0.2) is 42.7 Å². The minimum atomic E-state index is -3.66. The molecule has 0 aliphatic carbocycles. The lowest BCUT2D eigenvalue weighted by atomic mass is 10.1. The Balaban J connectivity index is 1.41. The molecule has 4 rings (SSSR count). The Labute approximate surface area is 164 Å². The minimum Gasteiger partial charge on any atom is -0.361 e. The number of benzene rings is 2. The van der Waals surface area contributed by atoms with Crippen LogP contribution in [0.3, 0.4) is 0 Å². The Morgan fingerprint density at radius 2 is 1.86 bits per heavy atom. The lowest BCUT2D eigenvalue weighted by Crippen LogP contribution is -2.46. The molecule has 0 radical (unpaired) electrons. The molecule has 3 aromatic rings. The molecule has 146 valence electrons. The van der Waals surface area contributed by atoms with E-state index < -0.39 is 16.1 Å². The van der Waals surface area contributed by atoms with Crippen molar-refractivity contribution in [1.29, 1.82) is 0 Å². The van der Waals surface area contributed by atoms with Crippen molar-refractivity contribution in [2.45, 2.75) is 30.2 Å². The van der Waals surface area contributed by atoms with Gasteiger partial charge in [-0.25, -0.2) is 8.42 Å². The molecule has 1 aliphatic rings. The van der Waals surface area contributed by atoms with Crippen molar-refractivity contribution in [1.82, 2.24) is 14.6 Å². The van der Waals surface area contributed by atoms with Crippen molar-refractivity contribution >= 4 is 26.8 Å². The Hall–Kier alpha value is -2.64. The standard InChI is InChI=1S/C21H23N3O3S/c25-21(22-13-12-16-15-23-19-10-5-4-9-18(16)19)20-11-6-14-24(20)28(26,27)17-7-2-1-3-8-17/h1-5,7-10,15,20,23H,6,11-14H2,(H,22,25). The van der Waals surface area contributed by atoms with Gasteiger partial charge in [0.05, 0.1) is 4.90 Å². The van der Waals surface area contributed by atoms with Gasteiger partial charge in [-0.05, 0) is 43.0 Å². The number of hydrogen-bond donors (Lipinski definition) is 2. The number of amides is 1. The van der Waals surface area contributed by atoms with Crippen LogP contribution in [0.15, 0.2) is 65.7 Å². The zero-order chi connectivity index (χ0) is 19.6. The van der Waals surface area contributed by atoms with E-state index in [1.165, 1.54) is 4.31 Å². The molecule has 1 amide bonds. The molecule has 28 heavy (non-hydrogen) atoms. The number of rotatable bonds is 6. The van der Waals surface area contributed by atoms with Gasteiger partial charge in [0, 0.05) is 30.2 Å². The number of para-hydroxylation sites is 1.